The maximum Gasteiger partial charge on any atom is 0.251 e. The maximum absolute atomic E-state index is 14.2. The highest BCUT2D eigenvalue weighted by atomic mass is 19.2. The van der Waals surface area contributed by atoms with Gasteiger partial charge in [0.2, 0.25) is 5.91 Å². The number of nitrogens with one attached hydrogen (secondary N) is 2. The van der Waals surface area contributed by atoms with E-state index in [-0.39, 0.29) is 17.5 Å². The van der Waals surface area contributed by atoms with Crippen molar-refractivity contribution in [3.05, 3.63) is 107 Å². The van der Waals surface area contributed by atoms with Crippen LogP contribution in [0.4, 0.5) is 8.78 Å². The number of amides is 2. The predicted molar refractivity (Wildman–Crippen MR) is 179 cm³/mol. The fraction of sp³-hybridized carbons (Fsp3) is 0.368. The summed E-state index contributed by atoms with van der Waals surface area (Å²) in [6, 6.07) is 22.7. The van der Waals surface area contributed by atoms with E-state index in [0.29, 0.717) is 45.9 Å². The van der Waals surface area contributed by atoms with Gasteiger partial charge in [0.1, 0.15) is 18.1 Å². The summed E-state index contributed by atoms with van der Waals surface area (Å²) in [7, 11) is 1.68. The van der Waals surface area contributed by atoms with Gasteiger partial charge in [0.15, 0.2) is 11.6 Å². The van der Waals surface area contributed by atoms with Crippen molar-refractivity contribution >= 4 is 22.6 Å². The van der Waals surface area contributed by atoms with Gasteiger partial charge in [-0.25, -0.2) is 8.78 Å². The zero-order valence-electron chi connectivity index (χ0n) is 27.1. The van der Waals surface area contributed by atoms with Crippen molar-refractivity contribution in [2.45, 2.75) is 50.9 Å². The Morgan fingerprint density at radius 2 is 1.73 bits per heavy atom. The average molecular weight is 658 g/mol. The Bertz CT molecular complexity index is 1750. The van der Waals surface area contributed by atoms with Gasteiger partial charge in [-0.1, -0.05) is 42.5 Å². The smallest absolute Gasteiger partial charge is 0.251 e. The summed E-state index contributed by atoms with van der Waals surface area (Å²) in [5.74, 6) is -1.62. The van der Waals surface area contributed by atoms with Crippen LogP contribution in [0.15, 0.2) is 78.9 Å². The summed E-state index contributed by atoms with van der Waals surface area (Å²) in [6.07, 6.45) is 3.20. The van der Waals surface area contributed by atoms with Crippen LogP contribution < -0.4 is 20.1 Å². The summed E-state index contributed by atoms with van der Waals surface area (Å²) in [4.78, 5) is 29.1. The van der Waals surface area contributed by atoms with Gasteiger partial charge in [0, 0.05) is 56.3 Å². The molecule has 48 heavy (non-hydrogen) atoms. The number of piperidine rings is 1. The summed E-state index contributed by atoms with van der Waals surface area (Å²) in [5, 5.41) is 8.19. The highest BCUT2D eigenvalue weighted by Crippen LogP contribution is 2.35. The molecule has 10 heteroatoms. The lowest BCUT2D eigenvalue weighted by Gasteiger charge is -2.36. The standard InChI is InChI=1S/C38H41F2N3O5/c1-46-18-5-19-47-29-7-4-6-25(20-29)24-48-36-15-11-27(30-8-2-3-9-31(30)36)23-43(28-12-13-28)38(45)32-22-41-17-16-35(32)42-37(44)26-10-14-33(39)34(40)21-26/h2-4,6-11,14-15,20-21,28,32,35,41H,5,12-13,16-19,22-24H2,1H3,(H,42,44). The molecule has 0 radical (unpaired) electrons. The zero-order valence-corrected chi connectivity index (χ0v) is 27.1. The molecule has 1 heterocycles. The second kappa shape index (κ2) is 15.6. The van der Waals surface area contributed by atoms with Crippen molar-refractivity contribution in [2.24, 2.45) is 5.92 Å². The molecule has 1 saturated carbocycles. The molecule has 252 valence electrons. The van der Waals surface area contributed by atoms with Gasteiger partial charge >= 0.3 is 0 Å². The van der Waals surface area contributed by atoms with Crippen molar-refractivity contribution in [1.29, 1.82) is 0 Å². The number of benzene rings is 4. The number of ether oxygens (including phenoxy) is 3. The molecule has 2 unspecified atom stereocenters. The molecule has 2 amide bonds. The molecule has 0 bridgehead atoms. The molecule has 1 aliphatic heterocycles. The van der Waals surface area contributed by atoms with E-state index >= 15 is 0 Å². The average Bonchev–Trinajstić information content (AvgIpc) is 3.95. The van der Waals surface area contributed by atoms with Crippen LogP contribution in [0.2, 0.25) is 0 Å². The highest BCUT2D eigenvalue weighted by Gasteiger charge is 2.40. The SMILES string of the molecule is COCCCOc1cccc(COc2ccc(CN(C(=O)C3CNCCC3NC(=O)c3ccc(F)c(F)c3)C3CC3)c3ccccc23)c1. The maximum atomic E-state index is 14.2. The van der Waals surface area contributed by atoms with Crippen LogP contribution in [-0.4, -0.2) is 62.2 Å². The molecule has 0 spiro atoms. The first-order valence-corrected chi connectivity index (χ1v) is 16.5. The van der Waals surface area contributed by atoms with E-state index in [9.17, 15) is 18.4 Å². The number of fused-ring (bicyclic) bond motifs is 1. The van der Waals surface area contributed by atoms with Crippen LogP contribution in [0, 0.1) is 17.6 Å². The minimum atomic E-state index is -1.09. The van der Waals surface area contributed by atoms with Gasteiger partial charge in [-0.2, -0.15) is 0 Å². The summed E-state index contributed by atoms with van der Waals surface area (Å²) in [5.41, 5.74) is 2.02. The summed E-state index contributed by atoms with van der Waals surface area (Å²) < 4.78 is 44.5. The molecule has 2 aliphatic rings. The third-order valence-electron chi connectivity index (χ3n) is 8.94. The van der Waals surface area contributed by atoms with Gasteiger partial charge < -0.3 is 29.7 Å². The number of hydrogen-bond acceptors (Lipinski definition) is 6. The molecule has 6 rings (SSSR count). The quantitative estimate of drug-likeness (QED) is 0.162. The normalized spacial score (nSPS) is 17.6. The monoisotopic (exact) mass is 657 g/mol. The van der Waals surface area contributed by atoms with E-state index in [4.69, 9.17) is 14.2 Å². The largest absolute Gasteiger partial charge is 0.493 e. The number of carbonyl (C=O) groups is 2. The topological polar surface area (TPSA) is 89.1 Å². The third-order valence-corrected chi connectivity index (χ3v) is 8.94. The van der Waals surface area contributed by atoms with Crippen molar-refractivity contribution < 1.29 is 32.6 Å². The van der Waals surface area contributed by atoms with Crippen LogP contribution in [0.1, 0.15) is 47.2 Å². The van der Waals surface area contributed by atoms with E-state index in [1.165, 1.54) is 6.07 Å². The number of halogens is 2. The lowest BCUT2D eigenvalue weighted by Crippen LogP contribution is -2.55. The Kier molecular flexibility index (Phi) is 10.8. The van der Waals surface area contributed by atoms with Gasteiger partial charge in [-0.15, -0.1) is 0 Å². The zero-order chi connectivity index (χ0) is 33.5. The molecule has 1 saturated heterocycles. The molecule has 0 aromatic heterocycles. The lowest BCUT2D eigenvalue weighted by molar-refractivity contribution is -0.138. The second-order valence-corrected chi connectivity index (χ2v) is 12.4. The molecular weight excluding hydrogens is 616 g/mol. The van der Waals surface area contributed by atoms with Gasteiger partial charge in [0.25, 0.3) is 5.91 Å². The predicted octanol–water partition coefficient (Wildman–Crippen LogP) is 6.01. The van der Waals surface area contributed by atoms with Crippen LogP contribution in [0.3, 0.4) is 0 Å². The summed E-state index contributed by atoms with van der Waals surface area (Å²) in [6.45, 7) is 3.07. The first kappa shape index (κ1) is 33.4. The number of carbonyl (C=O) groups excluding carboxylic acids is 2. The molecule has 2 fully saturated rings. The number of nitrogens with zero attached hydrogens (tertiary/aromatic N) is 1. The first-order chi connectivity index (χ1) is 23.4. The fourth-order valence-electron chi connectivity index (χ4n) is 6.23. The van der Waals surface area contributed by atoms with Gasteiger partial charge in [-0.3, -0.25) is 9.59 Å². The van der Waals surface area contributed by atoms with E-state index in [0.717, 1.165) is 64.8 Å². The Labute approximate surface area is 279 Å². The van der Waals surface area contributed by atoms with Crippen molar-refractivity contribution in [2.75, 3.05) is 33.4 Å². The van der Waals surface area contributed by atoms with Crippen molar-refractivity contribution in [3.63, 3.8) is 0 Å². The second-order valence-electron chi connectivity index (χ2n) is 12.4. The molecular formula is C38H41F2N3O5. The van der Waals surface area contributed by atoms with E-state index in [1.54, 1.807) is 7.11 Å². The highest BCUT2D eigenvalue weighted by molar-refractivity contribution is 5.95. The molecule has 2 N–H and O–H groups in total. The van der Waals surface area contributed by atoms with Gasteiger partial charge in [0.05, 0.1) is 12.5 Å². The van der Waals surface area contributed by atoms with Crippen LogP contribution >= 0.6 is 0 Å². The Morgan fingerprint density at radius 3 is 2.52 bits per heavy atom. The first-order valence-electron chi connectivity index (χ1n) is 16.5. The molecule has 4 aromatic carbocycles. The Hall–Kier alpha value is -4.54. The number of hydrogen-bond donors (Lipinski definition) is 2. The Morgan fingerprint density at radius 1 is 0.896 bits per heavy atom. The van der Waals surface area contributed by atoms with Crippen LogP contribution in [-0.2, 0) is 22.7 Å². The van der Waals surface area contributed by atoms with E-state index in [2.05, 4.69) is 16.7 Å². The minimum Gasteiger partial charge on any atom is -0.493 e. The lowest BCUT2D eigenvalue weighted by atomic mass is 9.91. The third kappa shape index (κ3) is 8.11. The molecule has 1 aliphatic carbocycles. The van der Waals surface area contributed by atoms with Crippen LogP contribution in [0.25, 0.3) is 10.8 Å². The molecule has 4 aromatic rings. The molecule has 8 nitrogen and oxygen atoms in total. The number of rotatable bonds is 14. The van der Waals surface area contributed by atoms with Gasteiger partial charge in [-0.05, 0) is 78.7 Å². The number of methoxy groups -OCH3 is 1. The fourth-order valence-corrected chi connectivity index (χ4v) is 6.23. The minimum absolute atomic E-state index is 0.0189. The molecule has 2 atom stereocenters. The van der Waals surface area contributed by atoms with Crippen molar-refractivity contribution in [1.82, 2.24) is 15.5 Å². The van der Waals surface area contributed by atoms with E-state index < -0.39 is 29.5 Å². The van der Waals surface area contributed by atoms with E-state index in [1.807, 2.05) is 59.5 Å². The summed E-state index contributed by atoms with van der Waals surface area (Å²) >= 11 is 0. The van der Waals surface area contributed by atoms with Crippen molar-refractivity contribution in [3.8, 4) is 11.5 Å². The Balaban J connectivity index is 1.16. The van der Waals surface area contributed by atoms with Crippen LogP contribution in [0.5, 0.6) is 11.5 Å².